The fourth-order valence-corrected chi connectivity index (χ4v) is 2.89. The standard InChI is InChI=1S/C24H34N4O2.HI/c1-18(2)17-30-22-12-7-6-10-21(22)16-27-24(25-3)26-14-13-19-9-8-11-20(15-19)23(29)28(4)5;/h6-12,15,18H,13-14,16-17H2,1-5H3,(H2,25,26,27);1H. The lowest BCUT2D eigenvalue weighted by Crippen LogP contribution is -2.38. The molecule has 2 rings (SSSR count). The quantitative estimate of drug-likeness (QED) is 0.289. The molecule has 31 heavy (non-hydrogen) atoms. The Balaban J connectivity index is 0.00000480. The van der Waals surface area contributed by atoms with E-state index in [1.807, 2.05) is 42.5 Å². The van der Waals surface area contributed by atoms with E-state index in [0.29, 0.717) is 31.2 Å². The van der Waals surface area contributed by atoms with Crippen molar-refractivity contribution in [2.75, 3.05) is 34.3 Å². The van der Waals surface area contributed by atoms with Gasteiger partial charge in [0.2, 0.25) is 0 Å². The van der Waals surface area contributed by atoms with Gasteiger partial charge in [-0.2, -0.15) is 0 Å². The molecule has 0 spiro atoms. The van der Waals surface area contributed by atoms with Gasteiger partial charge in [-0.25, -0.2) is 0 Å². The van der Waals surface area contributed by atoms with Gasteiger partial charge in [0.15, 0.2) is 5.96 Å². The van der Waals surface area contributed by atoms with Crippen LogP contribution in [0.2, 0.25) is 0 Å². The summed E-state index contributed by atoms with van der Waals surface area (Å²) in [6, 6.07) is 15.8. The zero-order chi connectivity index (χ0) is 21.9. The molecular weight excluding hydrogens is 503 g/mol. The smallest absolute Gasteiger partial charge is 0.253 e. The Kier molecular flexibility index (Phi) is 12.0. The Morgan fingerprint density at radius 1 is 1.10 bits per heavy atom. The van der Waals surface area contributed by atoms with Crippen molar-refractivity contribution in [2.24, 2.45) is 10.9 Å². The Hall–Kier alpha value is -2.29. The predicted molar refractivity (Wildman–Crippen MR) is 139 cm³/mol. The van der Waals surface area contributed by atoms with E-state index >= 15 is 0 Å². The molecular formula is C24H35IN4O2. The summed E-state index contributed by atoms with van der Waals surface area (Å²) in [7, 11) is 5.28. The van der Waals surface area contributed by atoms with Crippen LogP contribution in [0.25, 0.3) is 0 Å². The number of amides is 1. The molecule has 0 aliphatic heterocycles. The molecule has 0 saturated carbocycles. The van der Waals surface area contributed by atoms with Crippen LogP contribution in [-0.4, -0.2) is 51.1 Å². The maximum atomic E-state index is 12.1. The first kappa shape index (κ1) is 26.7. The first-order valence-corrected chi connectivity index (χ1v) is 10.4. The van der Waals surface area contributed by atoms with Gasteiger partial charge in [-0.3, -0.25) is 9.79 Å². The highest BCUT2D eigenvalue weighted by Gasteiger charge is 2.09. The molecule has 0 atom stereocenters. The van der Waals surface area contributed by atoms with Crippen molar-refractivity contribution >= 4 is 35.8 Å². The van der Waals surface area contributed by atoms with Crippen molar-refractivity contribution in [1.29, 1.82) is 0 Å². The maximum absolute atomic E-state index is 12.1. The summed E-state index contributed by atoms with van der Waals surface area (Å²) in [6.45, 7) is 6.31. The molecule has 0 unspecified atom stereocenters. The number of benzene rings is 2. The summed E-state index contributed by atoms with van der Waals surface area (Å²) in [5.41, 5.74) is 2.91. The van der Waals surface area contributed by atoms with Crippen molar-refractivity contribution in [3.63, 3.8) is 0 Å². The summed E-state index contributed by atoms with van der Waals surface area (Å²) in [4.78, 5) is 18.0. The van der Waals surface area contributed by atoms with Gasteiger partial charge >= 0.3 is 0 Å². The molecule has 7 heteroatoms. The van der Waals surface area contributed by atoms with E-state index in [4.69, 9.17) is 4.74 Å². The molecule has 170 valence electrons. The Labute approximate surface area is 203 Å². The zero-order valence-electron chi connectivity index (χ0n) is 19.1. The average molecular weight is 538 g/mol. The van der Waals surface area contributed by atoms with Crippen LogP contribution in [0.4, 0.5) is 0 Å². The van der Waals surface area contributed by atoms with Crippen molar-refractivity contribution in [3.05, 3.63) is 65.2 Å². The van der Waals surface area contributed by atoms with E-state index in [1.165, 1.54) is 0 Å². The minimum atomic E-state index is 0. The first-order chi connectivity index (χ1) is 14.4. The molecule has 6 nitrogen and oxygen atoms in total. The summed E-state index contributed by atoms with van der Waals surface area (Å²) in [5.74, 6) is 2.12. The van der Waals surface area contributed by atoms with Gasteiger partial charge in [0, 0.05) is 45.4 Å². The number of nitrogens with one attached hydrogen (secondary N) is 2. The SMILES string of the molecule is CN=C(NCCc1cccc(C(=O)N(C)C)c1)NCc1ccccc1OCC(C)C.I. The monoisotopic (exact) mass is 538 g/mol. The lowest BCUT2D eigenvalue weighted by molar-refractivity contribution is 0.0827. The van der Waals surface area contributed by atoms with E-state index in [1.54, 1.807) is 26.0 Å². The largest absolute Gasteiger partial charge is 0.493 e. The molecule has 0 saturated heterocycles. The molecule has 2 aromatic carbocycles. The summed E-state index contributed by atoms with van der Waals surface area (Å²) < 4.78 is 5.92. The van der Waals surface area contributed by atoms with E-state index in [-0.39, 0.29) is 29.9 Å². The van der Waals surface area contributed by atoms with E-state index in [2.05, 4.69) is 35.5 Å². The molecule has 0 bridgehead atoms. The second kappa shape index (κ2) is 13.9. The number of hydrogen-bond acceptors (Lipinski definition) is 3. The summed E-state index contributed by atoms with van der Waals surface area (Å²) in [5, 5.41) is 6.67. The van der Waals surface area contributed by atoms with E-state index in [0.717, 1.165) is 29.3 Å². The van der Waals surface area contributed by atoms with Crippen molar-refractivity contribution in [2.45, 2.75) is 26.8 Å². The molecule has 0 radical (unpaired) electrons. The minimum absolute atomic E-state index is 0. The summed E-state index contributed by atoms with van der Waals surface area (Å²) >= 11 is 0. The number of guanidine groups is 1. The highest BCUT2D eigenvalue weighted by atomic mass is 127. The van der Waals surface area contributed by atoms with Crippen LogP contribution in [-0.2, 0) is 13.0 Å². The second-order valence-electron chi connectivity index (χ2n) is 7.82. The third-order valence-corrected chi connectivity index (χ3v) is 4.50. The van der Waals surface area contributed by atoms with Crippen molar-refractivity contribution in [1.82, 2.24) is 15.5 Å². The van der Waals surface area contributed by atoms with Crippen molar-refractivity contribution in [3.8, 4) is 5.75 Å². The van der Waals surface area contributed by atoms with Crippen LogP contribution in [0.1, 0.15) is 35.3 Å². The van der Waals surface area contributed by atoms with E-state index in [9.17, 15) is 4.79 Å². The van der Waals surface area contributed by atoms with Crippen molar-refractivity contribution < 1.29 is 9.53 Å². The fourth-order valence-electron chi connectivity index (χ4n) is 2.89. The molecule has 0 heterocycles. The fraction of sp³-hybridized carbons (Fsp3) is 0.417. The number of ether oxygens (including phenoxy) is 1. The van der Waals surface area contributed by atoms with Gasteiger partial charge in [0.1, 0.15) is 5.75 Å². The third-order valence-electron chi connectivity index (χ3n) is 4.50. The first-order valence-electron chi connectivity index (χ1n) is 10.4. The third kappa shape index (κ3) is 9.16. The Morgan fingerprint density at radius 3 is 2.52 bits per heavy atom. The normalized spacial score (nSPS) is 11.0. The highest BCUT2D eigenvalue weighted by molar-refractivity contribution is 14.0. The Morgan fingerprint density at radius 2 is 1.84 bits per heavy atom. The average Bonchev–Trinajstić information content (AvgIpc) is 2.74. The van der Waals surface area contributed by atoms with E-state index < -0.39 is 0 Å². The summed E-state index contributed by atoms with van der Waals surface area (Å²) in [6.07, 6.45) is 0.795. The molecule has 0 aliphatic carbocycles. The number of carbonyl (C=O) groups is 1. The molecule has 0 aliphatic rings. The molecule has 1 amide bonds. The predicted octanol–water partition coefficient (Wildman–Crippen LogP) is 3.95. The van der Waals surface area contributed by atoms with Crippen LogP contribution in [0, 0.1) is 5.92 Å². The number of para-hydroxylation sites is 1. The Bertz CT molecular complexity index is 853. The van der Waals surface area contributed by atoms with Gasteiger partial charge in [0.25, 0.3) is 5.91 Å². The molecule has 0 aromatic heterocycles. The molecule has 2 aromatic rings. The van der Waals surface area contributed by atoms with Gasteiger partial charge in [0.05, 0.1) is 6.61 Å². The van der Waals surface area contributed by atoms with Gasteiger partial charge in [-0.05, 0) is 36.1 Å². The molecule has 2 N–H and O–H groups in total. The highest BCUT2D eigenvalue weighted by Crippen LogP contribution is 2.18. The minimum Gasteiger partial charge on any atom is -0.493 e. The van der Waals surface area contributed by atoms with Gasteiger partial charge in [-0.1, -0.05) is 44.2 Å². The number of aliphatic imine (C=N–C) groups is 1. The van der Waals surface area contributed by atoms with Crippen LogP contribution >= 0.6 is 24.0 Å². The topological polar surface area (TPSA) is 66.0 Å². The zero-order valence-corrected chi connectivity index (χ0v) is 21.5. The van der Waals surface area contributed by atoms with Crippen LogP contribution in [0.15, 0.2) is 53.5 Å². The van der Waals surface area contributed by atoms with Gasteiger partial charge in [-0.15, -0.1) is 24.0 Å². The van der Waals surface area contributed by atoms with Crippen LogP contribution < -0.4 is 15.4 Å². The molecule has 0 fully saturated rings. The van der Waals surface area contributed by atoms with Crippen LogP contribution in [0.3, 0.4) is 0 Å². The van der Waals surface area contributed by atoms with Gasteiger partial charge < -0.3 is 20.3 Å². The van der Waals surface area contributed by atoms with Crippen LogP contribution in [0.5, 0.6) is 5.75 Å². The second-order valence-corrected chi connectivity index (χ2v) is 7.82. The lowest BCUT2D eigenvalue weighted by Gasteiger charge is -2.16. The number of carbonyl (C=O) groups excluding carboxylic acids is 1. The lowest BCUT2D eigenvalue weighted by atomic mass is 10.1. The number of hydrogen-bond donors (Lipinski definition) is 2. The number of nitrogens with zero attached hydrogens (tertiary/aromatic N) is 2. The number of rotatable bonds is 9. The number of halogens is 1. The maximum Gasteiger partial charge on any atom is 0.253 e.